The van der Waals surface area contributed by atoms with E-state index >= 15 is 0 Å². The van der Waals surface area contributed by atoms with Gasteiger partial charge in [0.05, 0.1) is 40.6 Å². The van der Waals surface area contributed by atoms with Gasteiger partial charge >= 0.3 is 0 Å². The summed E-state index contributed by atoms with van der Waals surface area (Å²) in [6.45, 7) is 0. The zero-order chi connectivity index (χ0) is 81.2. The molecule has 2 aromatic heterocycles. The van der Waals surface area contributed by atoms with Crippen LogP contribution in [0.25, 0.3) is 11.1 Å². The number of sulfone groups is 4. The predicted octanol–water partition coefficient (Wildman–Crippen LogP) is 0.251. The highest BCUT2D eigenvalue weighted by molar-refractivity contribution is 7.93. The van der Waals surface area contributed by atoms with Gasteiger partial charge in [0.1, 0.15) is 9.79 Å². The molecule has 6 aromatic carbocycles. The zero-order valence-electron chi connectivity index (χ0n) is 56.5. The number of hydrogen-bond acceptors (Lipinski definition) is 32. The Bertz CT molecular complexity index is 5030. The molecule has 24 N–H and O–H groups in total. The number of nitrogens with two attached hydrogens (primary N) is 8. The molecule has 0 aliphatic rings. The molecule has 2 heterocycles. The Hall–Kier alpha value is -12.5. The summed E-state index contributed by atoms with van der Waals surface area (Å²) in [4.78, 5) is 117. The topological polar surface area (TPSA) is 740 Å². The Kier molecular flexibility index (Phi) is 25.5. The van der Waals surface area contributed by atoms with Crippen molar-refractivity contribution in [2.45, 2.75) is 102 Å². The van der Waals surface area contributed by atoms with Gasteiger partial charge in [-0.15, -0.1) is 0 Å². The second-order valence-electron chi connectivity index (χ2n) is 23.9. The summed E-state index contributed by atoms with van der Waals surface area (Å²) < 4.78 is 184. The molecule has 0 saturated heterocycles. The maximum atomic E-state index is 13.6. The highest BCUT2D eigenvalue weighted by Crippen LogP contribution is 2.38. The fraction of sp³-hybridized carbons (Fsp3) is 0.194. The number of carbonyl (C=O) groups excluding carboxylic acids is 8. The van der Waals surface area contributed by atoms with Crippen LogP contribution in [0.3, 0.4) is 0 Å². The van der Waals surface area contributed by atoms with Crippen LogP contribution in [0.15, 0.2) is 163 Å². The number of benzene rings is 6. The third-order valence-corrected chi connectivity index (χ3v) is 25.9. The minimum atomic E-state index is -5.44. The largest absolute Gasteiger partial charge is 0.370 e. The third-order valence-electron chi connectivity index (χ3n) is 15.5. The van der Waals surface area contributed by atoms with Crippen molar-refractivity contribution in [3.8, 4) is 11.1 Å². The SMILES string of the molecule is NC(=O)CC(CC(N)=O)S(=O)(=O)c1ccc(Nc2nc(Nc3ccc(S(=O)(=O)C(CC(N)=O)CC(N)=O)cc3)nc(Nc3ccc(-c4ccc(Nc5nc(Nc6ccc(S(=O)(=O)C(CC(N)=O)CC(N)=O)cc6)nc(Nc6ccc(S(=O)(=O)C(CC(N)=O)CC(N)=O)cc6)n5)cc4S(=O)(=O)O)c(S(=O)(=O)O)c3)n2)cc1. The van der Waals surface area contributed by atoms with Crippen molar-refractivity contribution in [1.82, 2.24) is 29.9 Å². The van der Waals surface area contributed by atoms with Crippen LogP contribution >= 0.6 is 0 Å². The third kappa shape index (κ3) is 21.9. The quantitative estimate of drug-likeness (QED) is 0.0230. The highest BCUT2D eigenvalue weighted by Gasteiger charge is 2.35. The summed E-state index contributed by atoms with van der Waals surface area (Å²) in [6, 6.07) is 24.4. The lowest BCUT2D eigenvalue weighted by molar-refractivity contribution is -0.120. The standard InChI is InChI=1S/C62H66N20O22S6/c63-49(83)23-41(24-50(64)84)105(91,92)37-11-1-31(2-12-37)71-57-77-58(72-32-3-13-38(14-4-32)106(93,94)42(25-51(65)85)26-52(66)86)80-61(79-57)75-35-9-19-45(47(21-35)109(99,100)101)46-20-10-36(22-48(46)110(102,103)104)76-62-81-59(73-33-5-15-39(16-6-33)107(95,96)43(27-53(67)87)28-54(68)88)78-60(82-62)74-34-7-17-40(18-8-34)108(97,98)44(29-55(69)89)30-56(70)90/h1-22,41-44H,23-30H2,(H2,63,83)(H2,64,84)(H2,65,85)(H2,66,86)(H2,67,87)(H2,68,88)(H2,69,89)(H2,70,90)(H,99,100,101)(H,102,103,104)(H3,71,72,75,77,79,80)(H3,73,74,76,78,81,82). The molecule has 0 unspecified atom stereocenters. The lowest BCUT2D eigenvalue weighted by Crippen LogP contribution is -2.32. The van der Waals surface area contributed by atoms with Gasteiger partial charge < -0.3 is 77.8 Å². The van der Waals surface area contributed by atoms with Crippen LogP contribution in [-0.2, 0) is 97.9 Å². The van der Waals surface area contributed by atoms with E-state index < -0.39 is 212 Å². The summed E-state index contributed by atoms with van der Waals surface area (Å²) in [6.07, 6.45) is -6.02. The van der Waals surface area contributed by atoms with Crippen LogP contribution in [0.2, 0.25) is 0 Å². The molecule has 8 amide bonds. The van der Waals surface area contributed by atoms with Gasteiger partial charge in [-0.1, -0.05) is 12.1 Å². The zero-order valence-corrected chi connectivity index (χ0v) is 61.4. The number of aromatic nitrogens is 6. The molecule has 0 radical (unpaired) electrons. The molecule has 582 valence electrons. The van der Waals surface area contributed by atoms with E-state index in [1.807, 2.05) is 0 Å². The Morgan fingerprint density at radius 2 is 0.418 bits per heavy atom. The van der Waals surface area contributed by atoms with E-state index in [9.17, 15) is 98.0 Å². The number of hydrogen-bond donors (Lipinski definition) is 16. The Labute approximate surface area is 625 Å². The number of nitrogens with zero attached hydrogens (tertiary/aromatic N) is 6. The normalized spacial score (nSPS) is 12.1. The number of anilines is 12. The monoisotopic (exact) mass is 1630 g/mol. The Morgan fingerprint density at radius 3 is 0.573 bits per heavy atom. The smallest absolute Gasteiger partial charge is 0.295 e. The number of rotatable bonds is 39. The molecule has 0 spiro atoms. The van der Waals surface area contributed by atoms with Gasteiger partial charge in [0, 0.05) is 96.6 Å². The van der Waals surface area contributed by atoms with Crippen LogP contribution in [-0.4, -0.2) is 158 Å². The number of carbonyl (C=O) groups is 8. The summed E-state index contributed by atoms with van der Waals surface area (Å²) in [5.74, 6) is -10.7. The molecule has 110 heavy (non-hydrogen) atoms. The van der Waals surface area contributed by atoms with Gasteiger partial charge in [0.25, 0.3) is 20.2 Å². The molecule has 0 bridgehead atoms. The molecule has 42 nitrogen and oxygen atoms in total. The summed E-state index contributed by atoms with van der Waals surface area (Å²) in [5, 5.41) is 10.2. The van der Waals surface area contributed by atoms with Crippen molar-refractivity contribution < 1.29 is 98.0 Å². The van der Waals surface area contributed by atoms with Gasteiger partial charge in [-0.25, -0.2) is 33.7 Å². The number of primary amides is 8. The minimum Gasteiger partial charge on any atom is -0.370 e. The van der Waals surface area contributed by atoms with E-state index in [-0.39, 0.29) is 77.5 Å². The second kappa shape index (κ2) is 33.8. The lowest BCUT2D eigenvalue weighted by Gasteiger charge is -2.17. The van der Waals surface area contributed by atoms with Gasteiger partial charge in [0.15, 0.2) is 39.3 Å². The molecular formula is C62H66N20O22S6. The van der Waals surface area contributed by atoms with Crippen molar-refractivity contribution in [3.63, 3.8) is 0 Å². The maximum Gasteiger partial charge on any atom is 0.295 e. The molecule has 0 aliphatic carbocycles. The molecule has 0 saturated carbocycles. The molecule has 0 atom stereocenters. The van der Waals surface area contributed by atoms with Gasteiger partial charge in [-0.05, 0) is 121 Å². The van der Waals surface area contributed by atoms with Crippen LogP contribution in [0.5, 0.6) is 0 Å². The van der Waals surface area contributed by atoms with Crippen molar-refractivity contribution in [2.75, 3.05) is 31.9 Å². The van der Waals surface area contributed by atoms with E-state index in [2.05, 4.69) is 61.8 Å². The van der Waals surface area contributed by atoms with E-state index in [0.717, 1.165) is 84.9 Å². The predicted molar refractivity (Wildman–Crippen MR) is 391 cm³/mol. The van der Waals surface area contributed by atoms with Crippen molar-refractivity contribution >= 4 is 177 Å². The van der Waals surface area contributed by atoms with E-state index in [4.69, 9.17) is 45.9 Å². The minimum absolute atomic E-state index is 0.0727. The van der Waals surface area contributed by atoms with Crippen LogP contribution in [0, 0.1) is 0 Å². The first-order valence-corrected chi connectivity index (χ1v) is 40.3. The summed E-state index contributed by atoms with van der Waals surface area (Å²) >= 11 is 0. The van der Waals surface area contributed by atoms with E-state index in [1.54, 1.807) is 0 Å². The molecule has 48 heteroatoms. The second-order valence-corrected chi connectivity index (χ2v) is 35.6. The van der Waals surface area contributed by atoms with Crippen LogP contribution < -0.4 is 77.8 Å². The van der Waals surface area contributed by atoms with E-state index in [1.165, 1.54) is 48.5 Å². The van der Waals surface area contributed by atoms with Gasteiger partial charge in [-0.2, -0.15) is 46.7 Å². The van der Waals surface area contributed by atoms with Crippen LogP contribution in [0.4, 0.5) is 69.8 Å². The van der Waals surface area contributed by atoms with Crippen molar-refractivity contribution in [2.24, 2.45) is 45.9 Å². The molecular weight excluding hydrogens is 1570 g/mol. The number of nitrogens with one attached hydrogen (secondary N) is 6. The highest BCUT2D eigenvalue weighted by atomic mass is 32.2. The van der Waals surface area contributed by atoms with Gasteiger partial charge in [-0.3, -0.25) is 47.5 Å². The fourth-order valence-electron chi connectivity index (χ4n) is 10.6. The van der Waals surface area contributed by atoms with Crippen LogP contribution in [0.1, 0.15) is 51.4 Å². The van der Waals surface area contributed by atoms with E-state index in [0.29, 0.717) is 0 Å². The summed E-state index contributed by atoms with van der Waals surface area (Å²) in [7, 11) is -28.6. The summed E-state index contributed by atoms with van der Waals surface area (Å²) in [5.41, 5.74) is 40.7. The maximum absolute atomic E-state index is 13.6. The van der Waals surface area contributed by atoms with Crippen molar-refractivity contribution in [1.29, 1.82) is 0 Å². The molecule has 8 rings (SSSR count). The van der Waals surface area contributed by atoms with Crippen molar-refractivity contribution in [3.05, 3.63) is 133 Å². The average molecular weight is 1640 g/mol. The molecule has 0 fully saturated rings. The molecule has 8 aromatic rings. The Morgan fingerprint density at radius 1 is 0.264 bits per heavy atom. The first kappa shape index (κ1) is 83.2. The molecule has 0 aliphatic heterocycles. The fourth-order valence-corrected chi connectivity index (χ4v) is 18.7. The first-order chi connectivity index (χ1) is 51.3. The first-order valence-electron chi connectivity index (χ1n) is 31.3. The van der Waals surface area contributed by atoms with Gasteiger partial charge in [0.2, 0.25) is 82.9 Å². The number of amides is 8. The lowest BCUT2D eigenvalue weighted by atomic mass is 10.0. The average Bonchev–Trinajstić information content (AvgIpc) is 0.768. The Balaban J connectivity index is 1.15.